The number of hydrogen-bond donors (Lipinski definition) is 3. The van der Waals surface area contributed by atoms with Crippen LogP contribution in [-0.4, -0.2) is 36.1 Å². The smallest absolute Gasteiger partial charge is 0.306 e. The first-order valence-corrected chi connectivity index (χ1v) is 7.20. The van der Waals surface area contributed by atoms with Gasteiger partial charge in [-0.3, -0.25) is 9.59 Å². The SMILES string of the molecule is CC(C)C1(C(=O)N[C@H]2CC[C@@H](C(=O)O)C2)CCNC1. The molecular formula is C14H24N2O3. The number of rotatable bonds is 4. The zero-order chi connectivity index (χ0) is 14.0. The van der Waals surface area contributed by atoms with Crippen LogP contribution in [0.3, 0.4) is 0 Å². The van der Waals surface area contributed by atoms with Gasteiger partial charge in [0.1, 0.15) is 0 Å². The Morgan fingerprint density at radius 1 is 1.37 bits per heavy atom. The fourth-order valence-corrected chi connectivity index (χ4v) is 3.33. The third-order valence-corrected chi connectivity index (χ3v) is 4.86. The normalized spacial score (nSPS) is 34.7. The van der Waals surface area contributed by atoms with E-state index in [1.165, 1.54) is 0 Å². The van der Waals surface area contributed by atoms with Gasteiger partial charge in [-0.1, -0.05) is 13.8 Å². The standard InChI is InChI=1S/C14H24N2O3/c1-9(2)14(5-6-15-8-14)13(19)16-11-4-3-10(7-11)12(17)18/h9-11,15H,3-8H2,1-2H3,(H,16,19)(H,17,18)/t10-,11+,14?/m1/s1. The third kappa shape index (κ3) is 2.76. The van der Waals surface area contributed by atoms with Crippen LogP contribution >= 0.6 is 0 Å². The van der Waals surface area contributed by atoms with E-state index in [0.717, 1.165) is 25.9 Å². The van der Waals surface area contributed by atoms with Gasteiger partial charge in [0.05, 0.1) is 11.3 Å². The van der Waals surface area contributed by atoms with E-state index in [4.69, 9.17) is 5.11 Å². The lowest BCUT2D eigenvalue weighted by molar-refractivity contribution is -0.141. The molecule has 2 aliphatic rings. The van der Waals surface area contributed by atoms with Crippen LogP contribution in [0.2, 0.25) is 0 Å². The number of carboxylic acids is 1. The molecule has 3 atom stereocenters. The van der Waals surface area contributed by atoms with Crippen molar-refractivity contribution in [1.82, 2.24) is 10.6 Å². The molecule has 1 amide bonds. The van der Waals surface area contributed by atoms with Crippen LogP contribution in [0.15, 0.2) is 0 Å². The zero-order valence-corrected chi connectivity index (χ0v) is 11.7. The average molecular weight is 268 g/mol. The molecule has 1 aliphatic carbocycles. The topological polar surface area (TPSA) is 78.4 Å². The molecule has 1 unspecified atom stereocenters. The number of carbonyl (C=O) groups excluding carboxylic acids is 1. The van der Waals surface area contributed by atoms with E-state index < -0.39 is 5.97 Å². The quantitative estimate of drug-likeness (QED) is 0.710. The fraction of sp³-hybridized carbons (Fsp3) is 0.857. The first-order valence-electron chi connectivity index (χ1n) is 7.20. The molecule has 1 saturated carbocycles. The molecule has 108 valence electrons. The Balaban J connectivity index is 1.96. The van der Waals surface area contributed by atoms with Crippen LogP contribution in [-0.2, 0) is 9.59 Å². The van der Waals surface area contributed by atoms with Gasteiger partial charge < -0.3 is 15.7 Å². The maximum absolute atomic E-state index is 12.5. The van der Waals surface area contributed by atoms with E-state index in [0.29, 0.717) is 18.8 Å². The molecule has 0 aromatic rings. The zero-order valence-electron chi connectivity index (χ0n) is 11.7. The summed E-state index contributed by atoms with van der Waals surface area (Å²) in [4.78, 5) is 23.5. The van der Waals surface area contributed by atoms with Gasteiger partial charge in [0.15, 0.2) is 0 Å². The second-order valence-corrected chi connectivity index (χ2v) is 6.26. The highest BCUT2D eigenvalue weighted by Gasteiger charge is 2.45. The van der Waals surface area contributed by atoms with Crippen LogP contribution in [0.25, 0.3) is 0 Å². The van der Waals surface area contributed by atoms with Gasteiger partial charge in [0, 0.05) is 12.6 Å². The Hall–Kier alpha value is -1.10. The van der Waals surface area contributed by atoms with Crippen molar-refractivity contribution in [3.8, 4) is 0 Å². The van der Waals surface area contributed by atoms with E-state index in [9.17, 15) is 9.59 Å². The predicted octanol–water partition coefficient (Wildman–Crippen LogP) is 0.992. The highest BCUT2D eigenvalue weighted by molar-refractivity contribution is 5.84. The Morgan fingerprint density at radius 2 is 2.11 bits per heavy atom. The first-order chi connectivity index (χ1) is 8.95. The lowest BCUT2D eigenvalue weighted by atomic mass is 9.75. The number of hydrogen-bond acceptors (Lipinski definition) is 3. The van der Waals surface area contributed by atoms with E-state index in [1.54, 1.807) is 0 Å². The second-order valence-electron chi connectivity index (χ2n) is 6.26. The van der Waals surface area contributed by atoms with Crippen LogP contribution in [0.4, 0.5) is 0 Å². The van der Waals surface area contributed by atoms with Gasteiger partial charge in [-0.25, -0.2) is 0 Å². The Labute approximate surface area is 114 Å². The summed E-state index contributed by atoms with van der Waals surface area (Å²) in [6.45, 7) is 5.78. The Bertz CT molecular complexity index is 362. The first kappa shape index (κ1) is 14.3. The molecule has 3 N–H and O–H groups in total. The summed E-state index contributed by atoms with van der Waals surface area (Å²) in [7, 11) is 0. The van der Waals surface area contributed by atoms with Crippen molar-refractivity contribution in [2.75, 3.05) is 13.1 Å². The number of nitrogens with one attached hydrogen (secondary N) is 2. The highest BCUT2D eigenvalue weighted by Crippen LogP contribution is 2.35. The van der Waals surface area contributed by atoms with E-state index >= 15 is 0 Å². The van der Waals surface area contributed by atoms with E-state index in [1.807, 2.05) is 0 Å². The molecular weight excluding hydrogens is 244 g/mol. The molecule has 0 radical (unpaired) electrons. The maximum Gasteiger partial charge on any atom is 0.306 e. The fourth-order valence-electron chi connectivity index (χ4n) is 3.33. The van der Waals surface area contributed by atoms with Gasteiger partial charge >= 0.3 is 5.97 Å². The minimum absolute atomic E-state index is 0.0322. The molecule has 0 aromatic carbocycles. The minimum Gasteiger partial charge on any atom is -0.481 e. The lowest BCUT2D eigenvalue weighted by Crippen LogP contribution is -2.49. The van der Waals surface area contributed by atoms with Crippen molar-refractivity contribution in [3.63, 3.8) is 0 Å². The van der Waals surface area contributed by atoms with Crippen LogP contribution in [0, 0.1) is 17.3 Å². The summed E-state index contributed by atoms with van der Waals surface area (Å²) in [6, 6.07) is 0.0322. The summed E-state index contributed by atoms with van der Waals surface area (Å²) < 4.78 is 0. The van der Waals surface area contributed by atoms with Crippen molar-refractivity contribution in [1.29, 1.82) is 0 Å². The monoisotopic (exact) mass is 268 g/mol. The van der Waals surface area contributed by atoms with Crippen molar-refractivity contribution in [3.05, 3.63) is 0 Å². The second kappa shape index (κ2) is 5.49. The Kier molecular flexibility index (Phi) is 4.13. The molecule has 5 nitrogen and oxygen atoms in total. The van der Waals surface area contributed by atoms with Crippen molar-refractivity contribution < 1.29 is 14.7 Å². The summed E-state index contributed by atoms with van der Waals surface area (Å²) in [5.74, 6) is -0.637. The molecule has 0 bridgehead atoms. The van der Waals surface area contributed by atoms with Gasteiger partial charge in [-0.2, -0.15) is 0 Å². The van der Waals surface area contributed by atoms with Gasteiger partial charge in [0.2, 0.25) is 5.91 Å². The average Bonchev–Trinajstić information content (AvgIpc) is 2.97. The van der Waals surface area contributed by atoms with Gasteiger partial charge in [-0.15, -0.1) is 0 Å². The van der Waals surface area contributed by atoms with Crippen molar-refractivity contribution in [2.45, 2.75) is 45.6 Å². The molecule has 1 heterocycles. The number of carbonyl (C=O) groups is 2. The number of aliphatic carboxylic acids is 1. The predicted molar refractivity (Wildman–Crippen MR) is 71.7 cm³/mol. The molecule has 2 fully saturated rings. The maximum atomic E-state index is 12.5. The molecule has 0 aromatic heterocycles. The van der Waals surface area contributed by atoms with Crippen molar-refractivity contribution >= 4 is 11.9 Å². The summed E-state index contributed by atoms with van der Waals surface area (Å²) in [6.07, 6.45) is 2.89. The number of amides is 1. The van der Waals surface area contributed by atoms with Crippen molar-refractivity contribution in [2.24, 2.45) is 17.3 Å². The van der Waals surface area contributed by atoms with Gasteiger partial charge in [-0.05, 0) is 38.1 Å². The van der Waals surface area contributed by atoms with Crippen LogP contribution in [0.5, 0.6) is 0 Å². The highest BCUT2D eigenvalue weighted by atomic mass is 16.4. The van der Waals surface area contributed by atoms with E-state index in [-0.39, 0.29) is 23.3 Å². The Morgan fingerprint density at radius 3 is 2.58 bits per heavy atom. The largest absolute Gasteiger partial charge is 0.481 e. The number of carboxylic acid groups (broad SMARTS) is 1. The molecule has 19 heavy (non-hydrogen) atoms. The molecule has 2 rings (SSSR count). The molecule has 0 spiro atoms. The van der Waals surface area contributed by atoms with Crippen LogP contribution in [0.1, 0.15) is 39.5 Å². The summed E-state index contributed by atoms with van der Waals surface area (Å²) >= 11 is 0. The molecule has 1 aliphatic heterocycles. The van der Waals surface area contributed by atoms with E-state index in [2.05, 4.69) is 24.5 Å². The molecule has 5 heteroatoms. The third-order valence-electron chi connectivity index (χ3n) is 4.86. The van der Waals surface area contributed by atoms with Gasteiger partial charge in [0.25, 0.3) is 0 Å². The molecule has 1 saturated heterocycles. The summed E-state index contributed by atoms with van der Waals surface area (Å²) in [5.41, 5.74) is -0.318. The van der Waals surface area contributed by atoms with Crippen LogP contribution < -0.4 is 10.6 Å². The minimum atomic E-state index is -0.738. The lowest BCUT2D eigenvalue weighted by Gasteiger charge is -2.32. The summed E-state index contributed by atoms with van der Waals surface area (Å²) in [5, 5.41) is 15.4.